The zero-order valence-corrected chi connectivity index (χ0v) is 10.8. The zero-order valence-electron chi connectivity index (χ0n) is 10.8. The Labute approximate surface area is 112 Å². The number of hydrogen-bond acceptors (Lipinski definition) is 5. The van der Waals surface area contributed by atoms with Gasteiger partial charge in [0.05, 0.1) is 19.0 Å². The van der Waals surface area contributed by atoms with Gasteiger partial charge in [-0.3, -0.25) is 9.59 Å². The molecule has 1 atom stereocenters. The van der Waals surface area contributed by atoms with E-state index in [2.05, 4.69) is 5.32 Å². The summed E-state index contributed by atoms with van der Waals surface area (Å²) in [5.74, 6) is -1.89. The first-order valence-electron chi connectivity index (χ1n) is 6.28. The molecule has 0 bridgehead atoms. The highest BCUT2D eigenvalue weighted by molar-refractivity contribution is 5.73. The van der Waals surface area contributed by atoms with Crippen LogP contribution in [0.3, 0.4) is 0 Å². The highest BCUT2D eigenvalue weighted by Crippen LogP contribution is 2.16. The van der Waals surface area contributed by atoms with Gasteiger partial charge in [-0.25, -0.2) is 0 Å². The van der Waals surface area contributed by atoms with Gasteiger partial charge >= 0.3 is 11.9 Å². The number of nitrogens with two attached hydrogens (primary N) is 1. The quantitative estimate of drug-likeness (QED) is 0.564. The number of hydrogen-bond donors (Lipinski definition) is 4. The molecule has 108 valence electrons. The lowest BCUT2D eigenvalue weighted by atomic mass is 9.96. The molecule has 1 aliphatic carbocycles. The van der Waals surface area contributed by atoms with Gasteiger partial charge in [0.2, 0.25) is 0 Å². The van der Waals surface area contributed by atoms with Gasteiger partial charge in [0.15, 0.2) is 0 Å². The third-order valence-corrected chi connectivity index (χ3v) is 2.78. The summed E-state index contributed by atoms with van der Waals surface area (Å²) in [5, 5.41) is 27.3. The summed E-state index contributed by atoms with van der Waals surface area (Å²) < 4.78 is 0. The smallest absolute Gasteiger partial charge is 0.321 e. The van der Waals surface area contributed by atoms with Gasteiger partial charge in [-0.2, -0.15) is 5.26 Å². The molecule has 1 fully saturated rings. The topological polar surface area (TPSA) is 136 Å². The lowest BCUT2D eigenvalue weighted by molar-refractivity contribution is -0.138. The van der Waals surface area contributed by atoms with Crippen molar-refractivity contribution in [1.29, 1.82) is 5.26 Å². The van der Waals surface area contributed by atoms with E-state index in [1.54, 1.807) is 6.07 Å². The second-order valence-electron chi connectivity index (χ2n) is 4.42. The Morgan fingerprint density at radius 1 is 1.32 bits per heavy atom. The standard InChI is InChI=1S/C8H15NO2.C4H6N2O2/c10-8(11)6-9-7-4-2-1-3-5-7;5-2-1-3(6)4(7)8/h7,9H,1-6H2,(H,10,11);3H,1,6H2,(H,7,8)/t;3-/m.0/s1. The first kappa shape index (κ1) is 17.4. The minimum atomic E-state index is -1.13. The van der Waals surface area contributed by atoms with E-state index in [0.29, 0.717) is 6.04 Å². The van der Waals surface area contributed by atoms with Crippen molar-refractivity contribution in [1.82, 2.24) is 5.32 Å². The van der Waals surface area contributed by atoms with Gasteiger partial charge in [0, 0.05) is 6.04 Å². The van der Waals surface area contributed by atoms with Gasteiger partial charge in [0.25, 0.3) is 0 Å². The number of rotatable bonds is 5. The minimum absolute atomic E-state index is 0.116. The van der Waals surface area contributed by atoms with E-state index >= 15 is 0 Å². The van der Waals surface area contributed by atoms with Crippen LogP contribution in [0.5, 0.6) is 0 Å². The summed E-state index contributed by atoms with van der Waals surface area (Å²) in [6.07, 6.45) is 5.97. The fraction of sp³-hybridized carbons (Fsp3) is 0.750. The summed E-state index contributed by atoms with van der Waals surface area (Å²) in [4.78, 5) is 20.0. The lowest BCUT2D eigenvalue weighted by Crippen LogP contribution is -2.34. The molecule has 1 rings (SSSR count). The molecule has 0 saturated heterocycles. The highest BCUT2D eigenvalue weighted by atomic mass is 16.4. The molecule has 0 aromatic carbocycles. The van der Waals surface area contributed by atoms with Crippen molar-refractivity contribution >= 4 is 11.9 Å². The van der Waals surface area contributed by atoms with Crippen LogP contribution < -0.4 is 11.1 Å². The SMILES string of the molecule is N#CC[C@H](N)C(=O)O.O=C(O)CNC1CCCCC1. The number of aliphatic carboxylic acids is 2. The Balaban J connectivity index is 0.000000362. The number of carbonyl (C=O) groups is 2. The molecule has 7 heteroatoms. The molecule has 0 radical (unpaired) electrons. The largest absolute Gasteiger partial charge is 0.480 e. The first-order valence-corrected chi connectivity index (χ1v) is 6.28. The van der Waals surface area contributed by atoms with Crippen molar-refractivity contribution in [2.75, 3.05) is 6.54 Å². The molecule has 0 aliphatic heterocycles. The second-order valence-corrected chi connectivity index (χ2v) is 4.42. The van der Waals surface area contributed by atoms with Gasteiger partial charge in [-0.1, -0.05) is 19.3 Å². The Morgan fingerprint density at radius 2 is 1.89 bits per heavy atom. The predicted octanol–water partition coefficient (Wildman–Crippen LogP) is 0.305. The Bertz CT molecular complexity index is 321. The van der Waals surface area contributed by atoms with Gasteiger partial charge in [-0.05, 0) is 12.8 Å². The summed E-state index contributed by atoms with van der Waals surface area (Å²) in [6, 6.07) is 1.07. The van der Waals surface area contributed by atoms with Crippen LogP contribution in [-0.4, -0.2) is 40.8 Å². The molecule has 0 aromatic heterocycles. The number of nitrogens with zero attached hydrogens (tertiary/aromatic N) is 1. The minimum Gasteiger partial charge on any atom is -0.480 e. The normalized spacial score (nSPS) is 16.6. The van der Waals surface area contributed by atoms with Crippen molar-refractivity contribution < 1.29 is 19.8 Å². The fourth-order valence-corrected chi connectivity index (χ4v) is 1.72. The maximum absolute atomic E-state index is 10.2. The Hall–Kier alpha value is -1.65. The summed E-state index contributed by atoms with van der Waals surface area (Å²) >= 11 is 0. The van der Waals surface area contributed by atoms with Crippen LogP contribution in [0.2, 0.25) is 0 Å². The van der Waals surface area contributed by atoms with E-state index < -0.39 is 18.0 Å². The van der Waals surface area contributed by atoms with Gasteiger partial charge in [-0.15, -0.1) is 0 Å². The molecule has 19 heavy (non-hydrogen) atoms. The van der Waals surface area contributed by atoms with E-state index in [1.807, 2.05) is 0 Å². The molecule has 7 nitrogen and oxygen atoms in total. The van der Waals surface area contributed by atoms with E-state index in [1.165, 1.54) is 19.3 Å². The number of nitriles is 1. The van der Waals surface area contributed by atoms with Crippen LogP contribution in [0.15, 0.2) is 0 Å². The number of carboxylic acid groups (broad SMARTS) is 2. The average Bonchev–Trinajstić information content (AvgIpc) is 2.38. The maximum atomic E-state index is 10.2. The van der Waals surface area contributed by atoms with Crippen molar-refractivity contribution in [2.24, 2.45) is 5.73 Å². The molecule has 0 spiro atoms. The first-order chi connectivity index (χ1) is 8.97. The van der Waals surface area contributed by atoms with Crippen molar-refractivity contribution in [3.05, 3.63) is 0 Å². The van der Waals surface area contributed by atoms with Crippen molar-refractivity contribution in [3.8, 4) is 6.07 Å². The van der Waals surface area contributed by atoms with E-state index in [9.17, 15) is 9.59 Å². The maximum Gasteiger partial charge on any atom is 0.321 e. The molecule has 1 saturated carbocycles. The molecule has 0 amide bonds. The third kappa shape index (κ3) is 10.00. The van der Waals surface area contributed by atoms with E-state index in [4.69, 9.17) is 21.2 Å². The monoisotopic (exact) mass is 271 g/mol. The van der Waals surface area contributed by atoms with Gasteiger partial charge < -0.3 is 21.3 Å². The summed E-state index contributed by atoms with van der Waals surface area (Å²) in [6.45, 7) is 0.116. The zero-order chi connectivity index (χ0) is 14.7. The Kier molecular flexibility index (Phi) is 9.40. The molecule has 5 N–H and O–H groups in total. The predicted molar refractivity (Wildman–Crippen MR) is 68.4 cm³/mol. The van der Waals surface area contributed by atoms with Crippen LogP contribution in [-0.2, 0) is 9.59 Å². The number of carboxylic acids is 2. The van der Waals surface area contributed by atoms with Crippen LogP contribution in [0, 0.1) is 11.3 Å². The second kappa shape index (κ2) is 10.3. The van der Waals surface area contributed by atoms with E-state index in [-0.39, 0.29) is 13.0 Å². The average molecular weight is 271 g/mol. The molecular weight excluding hydrogens is 250 g/mol. The highest BCUT2D eigenvalue weighted by Gasteiger charge is 2.12. The van der Waals surface area contributed by atoms with Crippen molar-refractivity contribution in [3.63, 3.8) is 0 Å². The van der Waals surface area contributed by atoms with E-state index in [0.717, 1.165) is 12.8 Å². The fourth-order valence-electron chi connectivity index (χ4n) is 1.72. The van der Waals surface area contributed by atoms with Crippen LogP contribution in [0.1, 0.15) is 38.5 Å². The van der Waals surface area contributed by atoms with Crippen molar-refractivity contribution in [2.45, 2.75) is 50.6 Å². The summed E-state index contributed by atoms with van der Waals surface area (Å²) in [7, 11) is 0. The molecule has 0 unspecified atom stereocenters. The molecule has 1 aliphatic rings. The summed E-state index contributed by atoms with van der Waals surface area (Å²) in [5.41, 5.74) is 4.90. The molecule has 0 aromatic rings. The van der Waals surface area contributed by atoms with Gasteiger partial charge in [0.1, 0.15) is 6.04 Å². The van der Waals surface area contributed by atoms with Crippen LogP contribution >= 0.6 is 0 Å². The van der Waals surface area contributed by atoms with Crippen LogP contribution in [0.25, 0.3) is 0 Å². The third-order valence-electron chi connectivity index (χ3n) is 2.78. The number of nitrogens with one attached hydrogen (secondary N) is 1. The Morgan fingerprint density at radius 3 is 2.26 bits per heavy atom. The molecule has 0 heterocycles. The molecular formula is C12H21N3O4. The van der Waals surface area contributed by atoms with Crippen LogP contribution in [0.4, 0.5) is 0 Å². The lowest BCUT2D eigenvalue weighted by Gasteiger charge is -2.21.